The predicted octanol–water partition coefficient (Wildman–Crippen LogP) is 10.2. The zero-order valence-corrected chi connectivity index (χ0v) is 24.7. The van der Waals surface area contributed by atoms with Crippen molar-refractivity contribution in [1.29, 1.82) is 0 Å². The van der Waals surface area contributed by atoms with E-state index in [1.807, 2.05) is 18.2 Å². The van der Waals surface area contributed by atoms with Crippen molar-refractivity contribution in [2.45, 2.75) is 48.0 Å². The van der Waals surface area contributed by atoms with Crippen LogP contribution in [0, 0.1) is 26.2 Å². The summed E-state index contributed by atoms with van der Waals surface area (Å²) in [6.45, 7) is 16.7. The van der Waals surface area contributed by atoms with Crippen LogP contribution in [0.4, 0.5) is 0 Å². The Bertz CT molecular complexity index is 1620. The highest BCUT2D eigenvalue weighted by molar-refractivity contribution is 7.49. The number of allylic oxidation sites excluding steroid dienone is 8. The predicted molar refractivity (Wildman–Crippen MR) is 170 cm³/mol. The molecule has 0 aliphatic carbocycles. The summed E-state index contributed by atoms with van der Waals surface area (Å²) in [5, 5.41) is 2.47. The lowest BCUT2D eigenvalue weighted by Crippen LogP contribution is -2.06. The third-order valence-corrected chi connectivity index (χ3v) is 9.03. The second-order valence-electron chi connectivity index (χ2n) is 9.97. The van der Waals surface area contributed by atoms with Gasteiger partial charge in [0.25, 0.3) is 0 Å². The van der Waals surface area contributed by atoms with Gasteiger partial charge < -0.3 is 4.52 Å². The molecule has 0 fully saturated rings. The molecule has 198 valence electrons. The number of terminal acetylenes is 1. The van der Waals surface area contributed by atoms with Gasteiger partial charge in [0.1, 0.15) is 5.76 Å². The number of aromatic nitrogens is 2. The van der Waals surface area contributed by atoms with Crippen LogP contribution in [0.2, 0.25) is 0 Å². The number of hydrogen-bond donors (Lipinski definition) is 0. The Hall–Kier alpha value is -3.99. The largest absolute Gasteiger partial charge is 0.440 e. The number of para-hydroxylation sites is 2. The first-order chi connectivity index (χ1) is 18.8. The topological polar surface area (TPSA) is 19.1 Å². The van der Waals surface area contributed by atoms with E-state index in [2.05, 4.69) is 124 Å². The lowest BCUT2D eigenvalue weighted by atomic mass is 10.0. The van der Waals surface area contributed by atoms with Gasteiger partial charge >= 0.3 is 8.45 Å². The maximum absolute atomic E-state index is 7.22. The van der Waals surface area contributed by atoms with E-state index in [0.717, 1.165) is 33.5 Å². The Kier molecular flexibility index (Phi) is 8.80. The molecule has 0 aliphatic rings. The molecular weight excluding hydrogens is 495 g/mol. The molecule has 0 atom stereocenters. The number of fused-ring (bicyclic) bond motifs is 2. The van der Waals surface area contributed by atoms with Crippen LogP contribution in [0.25, 0.3) is 21.8 Å². The average Bonchev–Trinajstić information content (AvgIpc) is 3.46. The molecule has 4 aromatic rings. The summed E-state index contributed by atoms with van der Waals surface area (Å²) in [5.41, 5.74) is 9.36. The monoisotopic (exact) mass is 532 g/mol. The van der Waals surface area contributed by atoms with Gasteiger partial charge in [0, 0.05) is 29.6 Å². The minimum Gasteiger partial charge on any atom is -0.440 e. The minimum absolute atomic E-state index is 0.671. The summed E-state index contributed by atoms with van der Waals surface area (Å²) in [7, 11) is -1.33. The van der Waals surface area contributed by atoms with Crippen molar-refractivity contribution in [2.75, 3.05) is 0 Å². The van der Waals surface area contributed by atoms with Crippen molar-refractivity contribution in [2.24, 2.45) is 0 Å². The molecule has 3 nitrogen and oxygen atoms in total. The van der Waals surface area contributed by atoms with E-state index in [0.29, 0.717) is 6.42 Å². The van der Waals surface area contributed by atoms with Crippen LogP contribution in [0.1, 0.15) is 45.2 Å². The van der Waals surface area contributed by atoms with Crippen molar-refractivity contribution >= 4 is 30.3 Å². The first-order valence-corrected chi connectivity index (χ1v) is 14.3. The van der Waals surface area contributed by atoms with Crippen molar-refractivity contribution in [1.82, 2.24) is 8.68 Å². The van der Waals surface area contributed by atoms with Crippen LogP contribution in [0.15, 0.2) is 120 Å². The Morgan fingerprint density at radius 1 is 0.923 bits per heavy atom. The van der Waals surface area contributed by atoms with E-state index in [-0.39, 0.29) is 0 Å². The summed E-state index contributed by atoms with van der Waals surface area (Å²) in [6, 6.07) is 17.1. The molecule has 2 aromatic carbocycles. The summed E-state index contributed by atoms with van der Waals surface area (Å²) in [5.74, 6) is 3.54. The summed E-state index contributed by atoms with van der Waals surface area (Å²) < 4.78 is 11.8. The maximum Gasteiger partial charge on any atom is 0.318 e. The molecule has 0 amide bonds. The molecule has 0 saturated heterocycles. The highest BCUT2D eigenvalue weighted by Gasteiger charge is 2.25. The highest BCUT2D eigenvalue weighted by Crippen LogP contribution is 2.50. The van der Waals surface area contributed by atoms with Crippen LogP contribution in [0.5, 0.6) is 0 Å². The molecule has 0 aliphatic heterocycles. The van der Waals surface area contributed by atoms with Crippen LogP contribution in [-0.4, -0.2) is 8.68 Å². The van der Waals surface area contributed by atoms with Gasteiger partial charge in [0.2, 0.25) is 0 Å². The molecule has 0 radical (unpaired) electrons. The van der Waals surface area contributed by atoms with Gasteiger partial charge in [-0.05, 0) is 82.0 Å². The Morgan fingerprint density at radius 2 is 1.46 bits per heavy atom. The first-order valence-electron chi connectivity index (χ1n) is 13.2. The van der Waals surface area contributed by atoms with Gasteiger partial charge in [0.05, 0.1) is 11.0 Å². The van der Waals surface area contributed by atoms with Gasteiger partial charge in [-0.3, -0.25) is 8.68 Å². The molecule has 0 saturated carbocycles. The number of benzene rings is 2. The molecule has 0 unspecified atom stereocenters. The van der Waals surface area contributed by atoms with Gasteiger partial charge in [-0.1, -0.05) is 78.3 Å². The van der Waals surface area contributed by atoms with Crippen LogP contribution in [-0.2, 0) is 4.52 Å². The fourth-order valence-corrected chi connectivity index (χ4v) is 6.73. The minimum atomic E-state index is -1.33. The fraction of sp³-hybridized carbons (Fsp3) is 0.200. The summed E-state index contributed by atoms with van der Waals surface area (Å²) in [6.07, 6.45) is 18.2. The third kappa shape index (κ3) is 5.88. The zero-order chi connectivity index (χ0) is 28.1. The number of nitrogens with zero attached hydrogens (tertiary/aromatic N) is 2. The fourth-order valence-electron chi connectivity index (χ4n) is 4.68. The van der Waals surface area contributed by atoms with Crippen LogP contribution in [0.3, 0.4) is 0 Å². The summed E-state index contributed by atoms with van der Waals surface area (Å²) in [4.78, 5) is 0. The van der Waals surface area contributed by atoms with Crippen molar-refractivity contribution in [3.05, 3.63) is 131 Å². The highest BCUT2D eigenvalue weighted by atomic mass is 31.2. The van der Waals surface area contributed by atoms with Crippen LogP contribution < -0.4 is 0 Å². The SMILES string of the molecule is C#C/C=C\C(C)=C(\C)C/C(OP(n1cc(C)c2ccccc21)n1cc(C)c2ccccc21)=C(C)/C(C)=C\C=C. The quantitative estimate of drug-likeness (QED) is 0.0908. The van der Waals surface area contributed by atoms with Crippen molar-refractivity contribution in [3.8, 4) is 12.3 Å². The molecule has 4 rings (SSSR count). The van der Waals surface area contributed by atoms with E-state index in [4.69, 9.17) is 10.9 Å². The average molecular weight is 533 g/mol. The maximum atomic E-state index is 7.22. The van der Waals surface area contributed by atoms with E-state index >= 15 is 0 Å². The van der Waals surface area contributed by atoms with Crippen LogP contribution >= 0.6 is 8.45 Å². The second-order valence-corrected chi connectivity index (χ2v) is 11.5. The molecular formula is C35H37N2OP. The van der Waals surface area contributed by atoms with Crippen molar-refractivity contribution < 1.29 is 4.52 Å². The molecule has 4 heteroatoms. The molecule has 0 spiro atoms. The zero-order valence-electron chi connectivity index (χ0n) is 23.8. The smallest absolute Gasteiger partial charge is 0.318 e. The lowest BCUT2D eigenvalue weighted by Gasteiger charge is -2.25. The van der Waals surface area contributed by atoms with E-state index < -0.39 is 8.45 Å². The summed E-state index contributed by atoms with van der Waals surface area (Å²) >= 11 is 0. The van der Waals surface area contributed by atoms with E-state index in [9.17, 15) is 0 Å². The number of hydrogen-bond acceptors (Lipinski definition) is 1. The standard InChI is InChI=1S/C35H37N2OP/c1-9-11-17-25(3)27(5)22-35(30(8)26(4)16-10-2)38-39(36-23-28(6)31-18-12-14-20-33(31)36)37-24-29(7)32-19-13-15-21-34(32)37/h1,10-21,23-24H,2,22H2,3-8H3/b17-11-,26-16-,27-25-,35-30-. The molecule has 39 heavy (non-hydrogen) atoms. The van der Waals surface area contributed by atoms with E-state index in [1.165, 1.54) is 27.5 Å². The Morgan fingerprint density at radius 3 is 1.97 bits per heavy atom. The number of rotatable bonds is 9. The Balaban J connectivity index is 1.96. The lowest BCUT2D eigenvalue weighted by molar-refractivity contribution is 0.438. The molecule has 2 aromatic heterocycles. The second kappa shape index (κ2) is 12.2. The molecule has 0 bridgehead atoms. The first kappa shape index (κ1) is 28.0. The molecule has 2 heterocycles. The Labute approximate surface area is 234 Å². The third-order valence-electron chi connectivity index (χ3n) is 7.25. The van der Waals surface area contributed by atoms with E-state index in [1.54, 1.807) is 6.08 Å². The van der Waals surface area contributed by atoms with Crippen molar-refractivity contribution in [3.63, 3.8) is 0 Å². The number of aryl methyl sites for hydroxylation is 2. The van der Waals surface area contributed by atoms with Gasteiger partial charge in [-0.2, -0.15) is 0 Å². The van der Waals surface area contributed by atoms with Gasteiger partial charge in [0.15, 0.2) is 0 Å². The molecule has 0 N–H and O–H groups in total. The normalized spacial score (nSPS) is 13.6. The van der Waals surface area contributed by atoms with Gasteiger partial charge in [-0.15, -0.1) is 6.42 Å². The van der Waals surface area contributed by atoms with Gasteiger partial charge in [-0.25, -0.2) is 0 Å².